The minimum Gasteiger partial charge on any atom is -0.435 e. The zero-order valence-electron chi connectivity index (χ0n) is 18.3. The number of anilines is 1. The molecule has 0 aliphatic carbocycles. The highest BCUT2D eigenvalue weighted by Gasteiger charge is 2.17. The average Bonchev–Trinajstić information content (AvgIpc) is 2.77. The van der Waals surface area contributed by atoms with Crippen molar-refractivity contribution >= 4 is 15.7 Å². The van der Waals surface area contributed by atoms with Gasteiger partial charge in [-0.25, -0.2) is 12.8 Å². The number of aliphatic hydroxyl groups is 1. The smallest absolute Gasteiger partial charge is 0.387 e. The number of rotatable bonds is 11. The fourth-order valence-corrected chi connectivity index (χ4v) is 4.00. The van der Waals surface area contributed by atoms with Crippen molar-refractivity contribution in [2.24, 2.45) is 0 Å². The van der Waals surface area contributed by atoms with Crippen LogP contribution in [0.4, 0.5) is 18.9 Å². The van der Waals surface area contributed by atoms with E-state index in [9.17, 15) is 26.7 Å². The van der Waals surface area contributed by atoms with Crippen molar-refractivity contribution in [2.45, 2.75) is 25.2 Å². The van der Waals surface area contributed by atoms with Gasteiger partial charge in [0.15, 0.2) is 0 Å². The van der Waals surface area contributed by atoms with Crippen LogP contribution in [-0.4, -0.2) is 32.9 Å². The predicted molar refractivity (Wildman–Crippen MR) is 124 cm³/mol. The lowest BCUT2D eigenvalue weighted by Gasteiger charge is -2.22. The highest BCUT2D eigenvalue weighted by molar-refractivity contribution is 7.92. The van der Waals surface area contributed by atoms with E-state index < -0.39 is 22.7 Å². The molecule has 0 radical (unpaired) electrons. The maximum Gasteiger partial charge on any atom is 0.387 e. The van der Waals surface area contributed by atoms with Crippen LogP contribution in [0.15, 0.2) is 72.8 Å². The third-order valence-electron chi connectivity index (χ3n) is 4.99. The number of alkyl halides is 2. The molecule has 0 heterocycles. The molecule has 0 unspecified atom stereocenters. The molecular formula is C24H25F3N2O4S. The second-order valence-corrected chi connectivity index (χ2v) is 9.50. The molecule has 3 N–H and O–H groups in total. The third kappa shape index (κ3) is 8.05. The van der Waals surface area contributed by atoms with Gasteiger partial charge in [0, 0.05) is 18.3 Å². The zero-order valence-corrected chi connectivity index (χ0v) is 19.1. The van der Waals surface area contributed by atoms with Gasteiger partial charge >= 0.3 is 6.61 Å². The SMILES string of the molecule is CS(=O)(=O)Nc1cccc([C@H](O)CN[C@H](Cc2ccc(F)cc2)c2ccc(OC(F)F)cc2)c1. The molecule has 3 rings (SSSR count). The number of halogens is 3. The van der Waals surface area contributed by atoms with Crippen LogP contribution in [0.5, 0.6) is 5.75 Å². The Bertz CT molecular complexity index is 1170. The van der Waals surface area contributed by atoms with E-state index >= 15 is 0 Å². The van der Waals surface area contributed by atoms with Gasteiger partial charge < -0.3 is 15.2 Å². The van der Waals surface area contributed by atoms with Gasteiger partial charge in [-0.1, -0.05) is 36.4 Å². The Morgan fingerprint density at radius 2 is 1.65 bits per heavy atom. The number of aliphatic hydroxyl groups excluding tert-OH is 1. The molecule has 0 amide bonds. The predicted octanol–water partition coefficient (Wildman–Crippen LogP) is 4.41. The Hall–Kier alpha value is -3.08. The van der Waals surface area contributed by atoms with E-state index in [1.54, 1.807) is 48.5 Å². The van der Waals surface area contributed by atoms with Crippen molar-refractivity contribution in [2.75, 3.05) is 17.5 Å². The van der Waals surface area contributed by atoms with Crippen LogP contribution in [0.1, 0.15) is 28.8 Å². The number of hydrogen-bond acceptors (Lipinski definition) is 5. The van der Waals surface area contributed by atoms with Crippen LogP contribution in [0, 0.1) is 5.82 Å². The van der Waals surface area contributed by atoms with E-state index in [4.69, 9.17) is 0 Å². The summed E-state index contributed by atoms with van der Waals surface area (Å²) in [7, 11) is -3.46. The van der Waals surface area contributed by atoms with Crippen molar-refractivity contribution < 1.29 is 31.4 Å². The van der Waals surface area contributed by atoms with Crippen molar-refractivity contribution in [3.05, 3.63) is 95.3 Å². The first kappa shape index (κ1) is 25.5. The van der Waals surface area contributed by atoms with E-state index in [-0.39, 0.29) is 24.2 Å². The van der Waals surface area contributed by atoms with E-state index in [1.165, 1.54) is 24.3 Å². The first-order valence-corrected chi connectivity index (χ1v) is 12.3. The van der Waals surface area contributed by atoms with E-state index in [2.05, 4.69) is 14.8 Å². The first-order valence-electron chi connectivity index (χ1n) is 10.4. The first-order chi connectivity index (χ1) is 16.1. The van der Waals surface area contributed by atoms with Gasteiger partial charge in [-0.3, -0.25) is 4.72 Å². The Labute approximate surface area is 196 Å². The maximum atomic E-state index is 13.3. The van der Waals surface area contributed by atoms with Gasteiger partial charge in [0.2, 0.25) is 10.0 Å². The van der Waals surface area contributed by atoms with Gasteiger partial charge in [0.25, 0.3) is 0 Å². The minimum atomic E-state index is -3.46. The van der Waals surface area contributed by atoms with Gasteiger partial charge in [-0.15, -0.1) is 0 Å². The number of nitrogens with one attached hydrogen (secondary N) is 2. The summed E-state index contributed by atoms with van der Waals surface area (Å²) in [4.78, 5) is 0. The molecule has 3 aromatic rings. The Balaban J connectivity index is 1.75. The maximum absolute atomic E-state index is 13.3. The topological polar surface area (TPSA) is 87.7 Å². The summed E-state index contributed by atoms with van der Waals surface area (Å²) in [5.41, 5.74) is 2.42. The van der Waals surface area contributed by atoms with Gasteiger partial charge in [0.1, 0.15) is 11.6 Å². The second-order valence-electron chi connectivity index (χ2n) is 7.75. The summed E-state index contributed by atoms with van der Waals surface area (Å²) in [5, 5.41) is 13.9. The standard InChI is InChI=1S/C24H25F3N2O4S/c1-34(31,32)29-20-4-2-3-18(14-20)23(30)15-28-22(13-16-5-9-19(25)10-6-16)17-7-11-21(12-8-17)33-24(26)27/h2-12,14,22-24,28-30H,13,15H2,1H3/t22-,23-/m1/s1. The van der Waals surface area contributed by atoms with Crippen LogP contribution < -0.4 is 14.8 Å². The number of hydrogen-bond donors (Lipinski definition) is 3. The Kier molecular flexibility index (Phi) is 8.54. The molecule has 0 fully saturated rings. The molecule has 0 aliphatic heterocycles. The van der Waals surface area contributed by atoms with E-state index in [1.807, 2.05) is 0 Å². The monoisotopic (exact) mass is 494 g/mol. The second kappa shape index (κ2) is 11.4. The number of sulfonamides is 1. The quantitative estimate of drug-likeness (QED) is 0.368. The summed E-state index contributed by atoms with van der Waals surface area (Å²) in [6, 6.07) is 18.2. The highest BCUT2D eigenvalue weighted by atomic mass is 32.2. The third-order valence-corrected chi connectivity index (χ3v) is 5.60. The van der Waals surface area contributed by atoms with Gasteiger partial charge in [0.05, 0.1) is 12.4 Å². The molecule has 0 saturated carbocycles. The molecule has 10 heteroatoms. The molecule has 0 aliphatic rings. The van der Waals surface area contributed by atoms with Crippen LogP contribution in [0.25, 0.3) is 0 Å². The van der Waals surface area contributed by atoms with Crippen molar-refractivity contribution in [3.63, 3.8) is 0 Å². The molecule has 0 spiro atoms. The van der Waals surface area contributed by atoms with Crippen LogP contribution in [0.3, 0.4) is 0 Å². The molecule has 0 bridgehead atoms. The molecule has 182 valence electrons. The lowest BCUT2D eigenvalue weighted by atomic mass is 9.98. The van der Waals surface area contributed by atoms with Crippen LogP contribution in [-0.2, 0) is 16.4 Å². The number of ether oxygens (including phenoxy) is 1. The fraction of sp³-hybridized carbons (Fsp3) is 0.250. The molecule has 34 heavy (non-hydrogen) atoms. The van der Waals surface area contributed by atoms with Crippen molar-refractivity contribution in [3.8, 4) is 5.75 Å². The summed E-state index contributed by atoms with van der Waals surface area (Å²) >= 11 is 0. The van der Waals surface area contributed by atoms with E-state index in [0.29, 0.717) is 17.7 Å². The van der Waals surface area contributed by atoms with Crippen molar-refractivity contribution in [1.29, 1.82) is 0 Å². The number of benzene rings is 3. The Morgan fingerprint density at radius 1 is 0.971 bits per heavy atom. The molecule has 6 nitrogen and oxygen atoms in total. The summed E-state index contributed by atoms with van der Waals surface area (Å²) in [6.45, 7) is -2.81. The zero-order chi connectivity index (χ0) is 24.7. The molecule has 2 atom stereocenters. The molecule has 0 aromatic heterocycles. The highest BCUT2D eigenvalue weighted by Crippen LogP contribution is 2.24. The normalized spacial score (nSPS) is 13.5. The van der Waals surface area contributed by atoms with E-state index in [0.717, 1.165) is 17.4 Å². The largest absolute Gasteiger partial charge is 0.435 e. The summed E-state index contributed by atoms with van der Waals surface area (Å²) in [5.74, 6) is -0.339. The molecule has 0 saturated heterocycles. The van der Waals surface area contributed by atoms with Crippen LogP contribution in [0.2, 0.25) is 0 Å². The van der Waals surface area contributed by atoms with Gasteiger partial charge in [-0.05, 0) is 59.5 Å². The summed E-state index contributed by atoms with van der Waals surface area (Å²) in [6.07, 6.45) is 0.519. The Morgan fingerprint density at radius 3 is 2.26 bits per heavy atom. The fourth-order valence-electron chi connectivity index (χ4n) is 3.44. The minimum absolute atomic E-state index is 0.0227. The lowest BCUT2D eigenvalue weighted by Crippen LogP contribution is -2.28. The summed E-state index contributed by atoms with van der Waals surface area (Å²) < 4.78 is 67.9. The lowest BCUT2D eigenvalue weighted by molar-refractivity contribution is -0.0498. The van der Waals surface area contributed by atoms with Gasteiger partial charge in [-0.2, -0.15) is 8.78 Å². The molecule has 3 aromatic carbocycles. The molecular weight excluding hydrogens is 469 g/mol. The van der Waals surface area contributed by atoms with Crippen molar-refractivity contribution in [1.82, 2.24) is 5.32 Å². The van der Waals surface area contributed by atoms with Crippen LogP contribution >= 0.6 is 0 Å². The average molecular weight is 495 g/mol.